The van der Waals surface area contributed by atoms with Gasteiger partial charge in [-0.2, -0.15) is 0 Å². The number of rotatable bonds is 5. The van der Waals surface area contributed by atoms with E-state index in [1.807, 2.05) is 12.2 Å². The van der Waals surface area contributed by atoms with Gasteiger partial charge in [0.1, 0.15) is 0 Å². The lowest BCUT2D eigenvalue weighted by Crippen LogP contribution is -1.90. The Balaban J connectivity index is 1.93. The third-order valence-electron chi connectivity index (χ3n) is 5.17. The van der Waals surface area contributed by atoms with Crippen molar-refractivity contribution < 1.29 is 0 Å². The van der Waals surface area contributed by atoms with E-state index in [-0.39, 0.29) is 0 Å². The van der Waals surface area contributed by atoms with Crippen LogP contribution in [0.5, 0.6) is 0 Å². The second-order valence-electron chi connectivity index (χ2n) is 7.03. The van der Waals surface area contributed by atoms with Crippen LogP contribution in [0.4, 0.5) is 0 Å². The molecule has 0 spiro atoms. The lowest BCUT2D eigenvalue weighted by Gasteiger charge is -2.16. The first-order chi connectivity index (χ1) is 14.6. The first-order valence-corrected chi connectivity index (χ1v) is 11.2. The van der Waals surface area contributed by atoms with Crippen molar-refractivity contribution in [2.75, 3.05) is 0 Å². The summed E-state index contributed by atoms with van der Waals surface area (Å²) >= 11 is 7.34. The average molecular weight is 516 g/mol. The maximum atomic E-state index is 3.86. The molecule has 0 fully saturated rings. The van der Waals surface area contributed by atoms with E-state index in [9.17, 15) is 0 Å². The topological polar surface area (TPSA) is 0 Å². The zero-order chi connectivity index (χ0) is 21.1. The van der Waals surface area contributed by atoms with Gasteiger partial charge in [0.05, 0.1) is 0 Å². The monoisotopic (exact) mass is 514 g/mol. The summed E-state index contributed by atoms with van der Waals surface area (Å²) in [6.45, 7) is 7.72. The Morgan fingerprint density at radius 3 is 1.17 bits per heavy atom. The van der Waals surface area contributed by atoms with Crippen LogP contribution >= 0.6 is 31.9 Å². The molecular weight excluding hydrogens is 496 g/mol. The minimum absolute atomic E-state index is 1.05. The third-order valence-corrected chi connectivity index (χ3v) is 6.15. The Labute approximate surface area is 194 Å². The maximum absolute atomic E-state index is 3.86. The van der Waals surface area contributed by atoms with E-state index >= 15 is 0 Å². The number of benzene rings is 4. The Morgan fingerprint density at radius 2 is 0.833 bits per heavy atom. The molecule has 4 rings (SSSR count). The molecule has 2 heteroatoms. The SMILES string of the molecule is C=Cc1ccc(-c2ccc(Br)cc2-c2cc(Br)ccc2-c2ccc(C=C)cc2)cc1. The van der Waals surface area contributed by atoms with E-state index in [2.05, 4.69) is 130 Å². The molecule has 0 nitrogen and oxygen atoms in total. The second-order valence-corrected chi connectivity index (χ2v) is 8.86. The molecular formula is C28H20Br2. The quantitative estimate of drug-likeness (QED) is 0.248. The van der Waals surface area contributed by atoms with Crippen LogP contribution in [0.15, 0.2) is 107 Å². The highest BCUT2D eigenvalue weighted by atomic mass is 79.9. The molecule has 0 amide bonds. The van der Waals surface area contributed by atoms with Gasteiger partial charge < -0.3 is 0 Å². The summed E-state index contributed by atoms with van der Waals surface area (Å²) in [5, 5.41) is 0. The standard InChI is InChI=1S/C28H20Br2/c1-3-19-5-9-21(10-6-19)25-15-13-23(29)17-27(25)28-18-24(30)14-16-26(28)22-11-7-20(4-2)8-12-22/h3-18H,1-2H2. The van der Waals surface area contributed by atoms with E-state index < -0.39 is 0 Å². The molecule has 0 atom stereocenters. The highest BCUT2D eigenvalue weighted by Crippen LogP contribution is 2.41. The Kier molecular flexibility index (Phi) is 6.17. The van der Waals surface area contributed by atoms with E-state index in [0.29, 0.717) is 0 Å². The van der Waals surface area contributed by atoms with Crippen LogP contribution in [0, 0.1) is 0 Å². The molecule has 4 aromatic carbocycles. The van der Waals surface area contributed by atoms with Crippen molar-refractivity contribution in [3.63, 3.8) is 0 Å². The summed E-state index contributed by atoms with van der Waals surface area (Å²) < 4.78 is 2.11. The van der Waals surface area contributed by atoms with Crippen molar-refractivity contribution in [1.82, 2.24) is 0 Å². The largest absolute Gasteiger partial charge is 0.0985 e. The predicted molar refractivity (Wildman–Crippen MR) is 138 cm³/mol. The fourth-order valence-electron chi connectivity index (χ4n) is 3.58. The number of hydrogen-bond donors (Lipinski definition) is 0. The molecule has 0 aliphatic heterocycles. The zero-order valence-corrected chi connectivity index (χ0v) is 19.6. The fourth-order valence-corrected chi connectivity index (χ4v) is 4.30. The second kappa shape index (κ2) is 8.99. The van der Waals surface area contributed by atoms with Gasteiger partial charge in [-0.15, -0.1) is 0 Å². The maximum Gasteiger partial charge on any atom is 0.0181 e. The summed E-state index contributed by atoms with van der Waals surface area (Å²) in [6.07, 6.45) is 3.73. The van der Waals surface area contributed by atoms with Crippen LogP contribution in [0.3, 0.4) is 0 Å². The van der Waals surface area contributed by atoms with Crippen molar-refractivity contribution in [2.24, 2.45) is 0 Å². The highest BCUT2D eigenvalue weighted by molar-refractivity contribution is 9.10. The minimum atomic E-state index is 1.05. The van der Waals surface area contributed by atoms with Gasteiger partial charge in [0.25, 0.3) is 0 Å². The molecule has 0 saturated carbocycles. The fraction of sp³-hybridized carbons (Fsp3) is 0. The van der Waals surface area contributed by atoms with Crippen molar-refractivity contribution in [3.8, 4) is 33.4 Å². The molecule has 0 heterocycles. The molecule has 0 aromatic heterocycles. The van der Waals surface area contributed by atoms with Crippen LogP contribution in [-0.2, 0) is 0 Å². The molecule has 0 radical (unpaired) electrons. The molecule has 4 aromatic rings. The van der Waals surface area contributed by atoms with Crippen molar-refractivity contribution >= 4 is 44.0 Å². The Morgan fingerprint density at radius 1 is 0.467 bits per heavy atom. The molecule has 0 unspecified atom stereocenters. The number of hydrogen-bond acceptors (Lipinski definition) is 0. The predicted octanol–water partition coefficient (Wildman–Crippen LogP) is 9.50. The van der Waals surface area contributed by atoms with Gasteiger partial charge in [-0.25, -0.2) is 0 Å². The van der Waals surface area contributed by atoms with Gasteiger partial charge in [-0.1, -0.05) is 118 Å². The highest BCUT2D eigenvalue weighted by Gasteiger charge is 2.14. The lowest BCUT2D eigenvalue weighted by molar-refractivity contribution is 1.53. The van der Waals surface area contributed by atoms with E-state index in [4.69, 9.17) is 0 Å². The summed E-state index contributed by atoms with van der Waals surface area (Å²) in [7, 11) is 0. The molecule has 0 N–H and O–H groups in total. The van der Waals surface area contributed by atoms with Crippen molar-refractivity contribution in [1.29, 1.82) is 0 Å². The van der Waals surface area contributed by atoms with Gasteiger partial charge in [0, 0.05) is 8.95 Å². The van der Waals surface area contributed by atoms with E-state index in [0.717, 1.165) is 20.1 Å². The summed E-state index contributed by atoms with van der Waals surface area (Å²) in [5.41, 5.74) is 9.32. The van der Waals surface area contributed by atoms with Crippen LogP contribution < -0.4 is 0 Å². The molecule has 0 aliphatic carbocycles. The summed E-state index contributed by atoms with van der Waals surface area (Å²) in [6, 6.07) is 29.9. The third kappa shape index (κ3) is 4.26. The van der Waals surface area contributed by atoms with Gasteiger partial charge in [0.2, 0.25) is 0 Å². The van der Waals surface area contributed by atoms with E-state index in [1.165, 1.54) is 33.4 Å². The average Bonchev–Trinajstić information content (AvgIpc) is 2.79. The normalized spacial score (nSPS) is 10.6. The molecule has 30 heavy (non-hydrogen) atoms. The first-order valence-electron chi connectivity index (χ1n) is 9.64. The van der Waals surface area contributed by atoms with Crippen LogP contribution in [0.25, 0.3) is 45.5 Å². The molecule has 0 aliphatic rings. The van der Waals surface area contributed by atoms with Crippen LogP contribution in [0.2, 0.25) is 0 Å². The number of halogens is 2. The van der Waals surface area contributed by atoms with Gasteiger partial charge in [-0.05, 0) is 68.8 Å². The molecule has 0 bridgehead atoms. The smallest absolute Gasteiger partial charge is 0.0181 e. The van der Waals surface area contributed by atoms with Gasteiger partial charge in [-0.3, -0.25) is 0 Å². The van der Waals surface area contributed by atoms with Gasteiger partial charge in [0.15, 0.2) is 0 Å². The lowest BCUT2D eigenvalue weighted by atomic mass is 9.89. The van der Waals surface area contributed by atoms with Crippen molar-refractivity contribution in [3.05, 3.63) is 118 Å². The molecule has 0 saturated heterocycles. The Hall–Kier alpha value is -2.68. The van der Waals surface area contributed by atoms with Crippen molar-refractivity contribution in [2.45, 2.75) is 0 Å². The first kappa shape index (κ1) is 20.6. The molecule has 146 valence electrons. The summed E-state index contributed by atoms with van der Waals surface area (Å²) in [4.78, 5) is 0. The van der Waals surface area contributed by atoms with Gasteiger partial charge >= 0.3 is 0 Å². The zero-order valence-electron chi connectivity index (χ0n) is 16.4. The minimum Gasteiger partial charge on any atom is -0.0985 e. The Bertz CT molecular complexity index is 1120. The van der Waals surface area contributed by atoms with Crippen LogP contribution in [0.1, 0.15) is 11.1 Å². The summed E-state index contributed by atoms with van der Waals surface area (Å²) in [5.74, 6) is 0. The van der Waals surface area contributed by atoms with Crippen LogP contribution in [-0.4, -0.2) is 0 Å². The van der Waals surface area contributed by atoms with E-state index in [1.54, 1.807) is 0 Å².